The molecule has 0 radical (unpaired) electrons. The van der Waals surface area contributed by atoms with Crippen LogP contribution >= 0.6 is 0 Å². The molecule has 0 atom stereocenters. The Labute approximate surface area is 82.2 Å². The number of nitrogens with one attached hydrogen (secondary N) is 2. The van der Waals surface area contributed by atoms with E-state index < -0.39 is 11.7 Å². The third-order valence-electron chi connectivity index (χ3n) is 2.54. The highest BCUT2D eigenvalue weighted by atomic mass is 19.4. The molecule has 2 N–H and O–H groups in total. The van der Waals surface area contributed by atoms with Crippen molar-refractivity contribution in [3.63, 3.8) is 0 Å². The summed E-state index contributed by atoms with van der Waals surface area (Å²) in [7, 11) is 0. The monoisotopic (exact) mass is 210 g/mol. The fraction of sp³-hybridized carbons (Fsp3) is 1.00. The molecule has 0 unspecified atom stereocenters. The summed E-state index contributed by atoms with van der Waals surface area (Å²) < 4.78 is 37.2. The lowest BCUT2D eigenvalue weighted by atomic mass is 10.2. The van der Waals surface area contributed by atoms with E-state index in [-0.39, 0.29) is 12.8 Å². The van der Waals surface area contributed by atoms with Crippen LogP contribution in [0.1, 0.15) is 26.2 Å². The van der Waals surface area contributed by atoms with Crippen LogP contribution in [-0.4, -0.2) is 31.3 Å². The third-order valence-corrected chi connectivity index (χ3v) is 2.54. The highest BCUT2D eigenvalue weighted by Gasteiger charge is 2.62. The number of hydrogen-bond acceptors (Lipinski definition) is 2. The van der Waals surface area contributed by atoms with Crippen molar-refractivity contribution in [3.05, 3.63) is 0 Å². The van der Waals surface area contributed by atoms with E-state index in [1.807, 2.05) is 6.92 Å². The van der Waals surface area contributed by atoms with Gasteiger partial charge in [-0.1, -0.05) is 6.92 Å². The van der Waals surface area contributed by atoms with Crippen molar-refractivity contribution in [3.8, 4) is 0 Å². The second-order valence-corrected chi connectivity index (χ2v) is 3.71. The Bertz CT molecular complexity index is 175. The summed E-state index contributed by atoms with van der Waals surface area (Å²) in [6.45, 7) is 4.06. The van der Waals surface area contributed by atoms with Crippen LogP contribution < -0.4 is 10.6 Å². The molecule has 0 amide bonds. The van der Waals surface area contributed by atoms with Gasteiger partial charge in [-0.25, -0.2) is 0 Å². The number of rotatable bonds is 6. The van der Waals surface area contributed by atoms with Gasteiger partial charge in [0, 0.05) is 0 Å². The first kappa shape index (κ1) is 11.8. The lowest BCUT2D eigenvalue weighted by molar-refractivity contribution is -0.165. The zero-order valence-corrected chi connectivity index (χ0v) is 8.38. The Morgan fingerprint density at radius 1 is 1.21 bits per heavy atom. The van der Waals surface area contributed by atoms with E-state index in [1.165, 1.54) is 0 Å². The van der Waals surface area contributed by atoms with E-state index >= 15 is 0 Å². The van der Waals surface area contributed by atoms with Gasteiger partial charge >= 0.3 is 6.18 Å². The zero-order valence-electron chi connectivity index (χ0n) is 8.38. The molecular formula is C9H17F3N2. The van der Waals surface area contributed by atoms with E-state index in [1.54, 1.807) is 0 Å². The van der Waals surface area contributed by atoms with Crippen LogP contribution in [0.15, 0.2) is 0 Å². The summed E-state index contributed by atoms with van der Waals surface area (Å²) in [6, 6.07) is 0. The summed E-state index contributed by atoms with van der Waals surface area (Å²) >= 11 is 0. The molecule has 0 bridgehead atoms. The van der Waals surface area contributed by atoms with Crippen molar-refractivity contribution in [2.24, 2.45) is 0 Å². The normalized spacial score (nSPS) is 19.7. The van der Waals surface area contributed by atoms with Crippen molar-refractivity contribution in [2.75, 3.05) is 19.6 Å². The van der Waals surface area contributed by atoms with Crippen LogP contribution in [0.2, 0.25) is 0 Å². The standard InChI is InChI=1S/C9H17F3N2/c1-2-13-6-3-7-14-8(4-5-8)9(10,11)12/h13-14H,2-7H2,1H3. The van der Waals surface area contributed by atoms with Crippen molar-refractivity contribution in [1.82, 2.24) is 10.6 Å². The predicted octanol–water partition coefficient (Wildman–Crippen LogP) is 1.67. The molecule has 1 fully saturated rings. The molecule has 0 saturated heterocycles. The van der Waals surface area contributed by atoms with Gasteiger partial charge in [-0.3, -0.25) is 0 Å². The summed E-state index contributed by atoms with van der Waals surface area (Å²) in [5, 5.41) is 5.68. The highest BCUT2D eigenvalue weighted by Crippen LogP contribution is 2.48. The lowest BCUT2D eigenvalue weighted by Gasteiger charge is -2.20. The van der Waals surface area contributed by atoms with Crippen LogP contribution in [0.25, 0.3) is 0 Å². The fourth-order valence-corrected chi connectivity index (χ4v) is 1.40. The molecule has 14 heavy (non-hydrogen) atoms. The molecular weight excluding hydrogens is 193 g/mol. The maximum atomic E-state index is 12.4. The molecule has 5 heteroatoms. The van der Waals surface area contributed by atoms with Crippen molar-refractivity contribution < 1.29 is 13.2 Å². The quantitative estimate of drug-likeness (QED) is 0.652. The summed E-state index contributed by atoms with van der Waals surface area (Å²) in [6.07, 6.45) is -2.87. The molecule has 1 rings (SSSR count). The molecule has 1 saturated carbocycles. The van der Waals surface area contributed by atoms with Gasteiger partial charge in [-0.2, -0.15) is 13.2 Å². The largest absolute Gasteiger partial charge is 0.406 e. The molecule has 84 valence electrons. The predicted molar refractivity (Wildman–Crippen MR) is 49.2 cm³/mol. The summed E-state index contributed by atoms with van der Waals surface area (Å²) in [4.78, 5) is 0. The Balaban J connectivity index is 2.12. The minimum atomic E-state index is -4.08. The van der Waals surface area contributed by atoms with Gasteiger partial charge in [-0.05, 0) is 38.9 Å². The van der Waals surface area contributed by atoms with Crippen LogP contribution in [-0.2, 0) is 0 Å². The Morgan fingerprint density at radius 3 is 2.29 bits per heavy atom. The average molecular weight is 210 g/mol. The van der Waals surface area contributed by atoms with Gasteiger partial charge in [-0.15, -0.1) is 0 Å². The van der Waals surface area contributed by atoms with Crippen molar-refractivity contribution >= 4 is 0 Å². The molecule has 0 heterocycles. The number of halogens is 3. The first-order valence-electron chi connectivity index (χ1n) is 5.04. The van der Waals surface area contributed by atoms with E-state index in [9.17, 15) is 13.2 Å². The molecule has 1 aliphatic rings. The van der Waals surface area contributed by atoms with Crippen LogP contribution in [0.4, 0.5) is 13.2 Å². The van der Waals surface area contributed by atoms with Crippen LogP contribution in [0.5, 0.6) is 0 Å². The summed E-state index contributed by atoms with van der Waals surface area (Å²) in [5.74, 6) is 0. The zero-order chi connectivity index (χ0) is 10.7. The molecule has 0 aliphatic heterocycles. The molecule has 0 spiro atoms. The fourth-order valence-electron chi connectivity index (χ4n) is 1.40. The van der Waals surface area contributed by atoms with Gasteiger partial charge in [0.1, 0.15) is 5.54 Å². The SMILES string of the molecule is CCNCCCNC1(C(F)(F)F)CC1. The maximum absolute atomic E-state index is 12.4. The molecule has 2 nitrogen and oxygen atoms in total. The van der Waals surface area contributed by atoms with Crippen molar-refractivity contribution in [2.45, 2.75) is 37.9 Å². The van der Waals surface area contributed by atoms with Crippen LogP contribution in [0, 0.1) is 0 Å². The molecule has 0 aromatic carbocycles. The van der Waals surface area contributed by atoms with E-state index in [0.717, 1.165) is 19.5 Å². The maximum Gasteiger partial charge on any atom is 0.406 e. The average Bonchev–Trinajstić information content (AvgIpc) is 2.84. The van der Waals surface area contributed by atoms with E-state index in [2.05, 4.69) is 10.6 Å². The smallest absolute Gasteiger partial charge is 0.317 e. The second kappa shape index (κ2) is 4.49. The number of hydrogen-bond donors (Lipinski definition) is 2. The van der Waals surface area contributed by atoms with E-state index in [4.69, 9.17) is 0 Å². The van der Waals surface area contributed by atoms with Gasteiger partial charge in [0.05, 0.1) is 0 Å². The Morgan fingerprint density at radius 2 is 1.86 bits per heavy atom. The Hall–Kier alpha value is -0.290. The number of alkyl halides is 3. The Kier molecular flexibility index (Phi) is 3.78. The minimum absolute atomic E-state index is 0.234. The third kappa shape index (κ3) is 2.85. The van der Waals surface area contributed by atoms with Crippen LogP contribution in [0.3, 0.4) is 0 Å². The second-order valence-electron chi connectivity index (χ2n) is 3.71. The highest BCUT2D eigenvalue weighted by molar-refractivity contribution is 5.07. The topological polar surface area (TPSA) is 24.1 Å². The lowest BCUT2D eigenvalue weighted by Crippen LogP contribution is -2.45. The summed E-state index contributed by atoms with van der Waals surface area (Å²) in [5.41, 5.74) is -1.54. The molecule has 0 aromatic heterocycles. The van der Waals surface area contributed by atoms with Gasteiger partial charge in [0.2, 0.25) is 0 Å². The molecule has 1 aliphatic carbocycles. The first-order chi connectivity index (χ1) is 6.52. The van der Waals surface area contributed by atoms with Gasteiger partial charge < -0.3 is 10.6 Å². The van der Waals surface area contributed by atoms with Gasteiger partial charge in [0.25, 0.3) is 0 Å². The van der Waals surface area contributed by atoms with E-state index in [0.29, 0.717) is 6.54 Å². The van der Waals surface area contributed by atoms with Crippen molar-refractivity contribution in [1.29, 1.82) is 0 Å². The minimum Gasteiger partial charge on any atom is -0.317 e. The molecule has 0 aromatic rings. The van der Waals surface area contributed by atoms with Gasteiger partial charge in [0.15, 0.2) is 0 Å². The first-order valence-corrected chi connectivity index (χ1v) is 5.04.